The van der Waals surface area contributed by atoms with Crippen molar-refractivity contribution < 1.29 is 14.0 Å². The Morgan fingerprint density at radius 1 is 1.04 bits per heavy atom. The van der Waals surface area contributed by atoms with Crippen molar-refractivity contribution in [3.63, 3.8) is 0 Å². The Kier molecular flexibility index (Phi) is 3.19. The van der Waals surface area contributed by atoms with Gasteiger partial charge in [0.05, 0.1) is 6.42 Å². The second-order valence-corrected chi connectivity index (χ2v) is 5.95. The van der Waals surface area contributed by atoms with E-state index >= 15 is 0 Å². The fourth-order valence-corrected chi connectivity index (χ4v) is 3.06. The minimum absolute atomic E-state index is 0.364. The summed E-state index contributed by atoms with van der Waals surface area (Å²) in [6, 6.07) is 15.7. The number of hydrogen-bond acceptors (Lipinski definition) is 5. The maximum atomic E-state index is 5.92. The second-order valence-electron chi connectivity index (χ2n) is 5.95. The third kappa shape index (κ3) is 2.52. The van der Waals surface area contributed by atoms with Crippen molar-refractivity contribution in [2.75, 3.05) is 6.61 Å². The van der Waals surface area contributed by atoms with E-state index in [2.05, 4.69) is 21.2 Å². The molecular formula is C19H15N3O3. The first kappa shape index (κ1) is 14.1. The smallest absolute Gasteiger partial charge is 0.231 e. The minimum atomic E-state index is -0.365. The van der Waals surface area contributed by atoms with E-state index in [9.17, 15) is 0 Å². The van der Waals surface area contributed by atoms with Gasteiger partial charge in [0.1, 0.15) is 6.61 Å². The standard InChI is InChI=1S/C19H15N3O3/c1-2-6-14-13(5-1)12(10-20-14)9-18-21-19(22-25-18)17-11-23-15-7-3-4-8-16(15)24-17/h1-8,10,17,20H,9,11H2/t17-/m1/s1. The third-order valence-corrected chi connectivity index (χ3v) is 4.30. The molecule has 0 fully saturated rings. The van der Waals surface area contributed by atoms with Crippen LogP contribution in [-0.4, -0.2) is 21.7 Å². The van der Waals surface area contributed by atoms with Gasteiger partial charge in [0.25, 0.3) is 0 Å². The van der Waals surface area contributed by atoms with Gasteiger partial charge < -0.3 is 19.0 Å². The van der Waals surface area contributed by atoms with Gasteiger partial charge >= 0.3 is 0 Å². The maximum absolute atomic E-state index is 5.92. The van der Waals surface area contributed by atoms with Gasteiger partial charge in [-0.05, 0) is 23.8 Å². The van der Waals surface area contributed by atoms with E-state index in [4.69, 9.17) is 14.0 Å². The van der Waals surface area contributed by atoms with Crippen LogP contribution in [0.4, 0.5) is 0 Å². The number of H-pyrrole nitrogens is 1. The van der Waals surface area contributed by atoms with Crippen LogP contribution >= 0.6 is 0 Å². The lowest BCUT2D eigenvalue weighted by Crippen LogP contribution is -2.22. The molecule has 5 rings (SSSR count). The molecule has 2 aromatic carbocycles. The summed E-state index contributed by atoms with van der Waals surface area (Å²) in [5.74, 6) is 2.49. The summed E-state index contributed by atoms with van der Waals surface area (Å²) in [6.07, 6.45) is 2.18. The zero-order chi connectivity index (χ0) is 16.6. The fourth-order valence-electron chi connectivity index (χ4n) is 3.06. The first-order valence-corrected chi connectivity index (χ1v) is 8.13. The van der Waals surface area contributed by atoms with Crippen LogP contribution in [0.1, 0.15) is 23.4 Å². The Morgan fingerprint density at radius 3 is 2.84 bits per heavy atom. The summed E-state index contributed by atoms with van der Waals surface area (Å²) in [5.41, 5.74) is 2.22. The molecule has 1 aliphatic rings. The van der Waals surface area contributed by atoms with Gasteiger partial charge in [0.15, 0.2) is 17.6 Å². The topological polar surface area (TPSA) is 73.2 Å². The molecule has 0 saturated heterocycles. The minimum Gasteiger partial charge on any atom is -0.485 e. The number of aromatic nitrogens is 3. The van der Waals surface area contributed by atoms with Crippen molar-refractivity contribution in [2.45, 2.75) is 12.5 Å². The molecular weight excluding hydrogens is 318 g/mol. The average molecular weight is 333 g/mol. The van der Waals surface area contributed by atoms with E-state index in [0.717, 1.165) is 22.2 Å². The highest BCUT2D eigenvalue weighted by Crippen LogP contribution is 2.35. The third-order valence-electron chi connectivity index (χ3n) is 4.30. The molecule has 124 valence electrons. The van der Waals surface area contributed by atoms with Crippen LogP contribution in [0.2, 0.25) is 0 Å². The highest BCUT2D eigenvalue weighted by atomic mass is 16.6. The van der Waals surface area contributed by atoms with Crippen LogP contribution in [0.15, 0.2) is 59.3 Å². The number of ether oxygens (including phenoxy) is 2. The highest BCUT2D eigenvalue weighted by Gasteiger charge is 2.26. The quantitative estimate of drug-likeness (QED) is 0.619. The van der Waals surface area contributed by atoms with E-state index in [0.29, 0.717) is 30.5 Å². The van der Waals surface area contributed by atoms with E-state index in [1.807, 2.05) is 48.7 Å². The van der Waals surface area contributed by atoms with Gasteiger partial charge in [0.2, 0.25) is 11.7 Å². The first-order chi connectivity index (χ1) is 12.4. The number of rotatable bonds is 3. The predicted octanol–water partition coefficient (Wildman–Crippen LogP) is 3.65. The van der Waals surface area contributed by atoms with Crippen molar-refractivity contribution in [3.8, 4) is 11.5 Å². The second kappa shape index (κ2) is 5.66. The number of fused-ring (bicyclic) bond motifs is 2. The summed E-state index contributed by atoms with van der Waals surface area (Å²) < 4.78 is 17.0. The lowest BCUT2D eigenvalue weighted by molar-refractivity contribution is 0.0832. The number of nitrogens with zero attached hydrogens (tertiary/aromatic N) is 2. The van der Waals surface area contributed by atoms with E-state index < -0.39 is 0 Å². The molecule has 0 radical (unpaired) electrons. The van der Waals surface area contributed by atoms with Gasteiger partial charge in [0, 0.05) is 17.1 Å². The normalized spacial score (nSPS) is 16.2. The number of benzene rings is 2. The van der Waals surface area contributed by atoms with Crippen LogP contribution < -0.4 is 9.47 Å². The Labute approximate surface area is 143 Å². The van der Waals surface area contributed by atoms with Crippen molar-refractivity contribution >= 4 is 10.9 Å². The van der Waals surface area contributed by atoms with Crippen LogP contribution in [-0.2, 0) is 6.42 Å². The molecule has 1 aliphatic heterocycles. The Morgan fingerprint density at radius 2 is 1.88 bits per heavy atom. The van der Waals surface area contributed by atoms with Crippen molar-refractivity contribution in [1.82, 2.24) is 15.1 Å². The Balaban J connectivity index is 1.37. The first-order valence-electron chi connectivity index (χ1n) is 8.13. The van der Waals surface area contributed by atoms with E-state index in [-0.39, 0.29) is 6.10 Å². The van der Waals surface area contributed by atoms with Gasteiger partial charge in [-0.2, -0.15) is 4.98 Å². The SMILES string of the molecule is c1ccc2c(c1)OC[C@H](c1noc(Cc3c[nH]c4ccccc34)n1)O2. The molecule has 3 heterocycles. The molecule has 4 aromatic rings. The number of para-hydroxylation sites is 3. The summed E-state index contributed by atoms with van der Waals surface area (Å²) in [6.45, 7) is 0.364. The number of aromatic amines is 1. The van der Waals surface area contributed by atoms with E-state index in [1.165, 1.54) is 0 Å². The molecule has 6 heteroatoms. The molecule has 25 heavy (non-hydrogen) atoms. The Bertz CT molecular complexity index is 1040. The molecule has 1 atom stereocenters. The molecule has 0 spiro atoms. The average Bonchev–Trinajstić information content (AvgIpc) is 3.29. The molecule has 2 aromatic heterocycles. The molecule has 0 amide bonds. The van der Waals surface area contributed by atoms with Crippen LogP contribution in [0.5, 0.6) is 11.5 Å². The van der Waals surface area contributed by atoms with Crippen molar-refractivity contribution in [1.29, 1.82) is 0 Å². The van der Waals surface area contributed by atoms with Gasteiger partial charge in [-0.1, -0.05) is 35.5 Å². The van der Waals surface area contributed by atoms with Gasteiger partial charge in [-0.15, -0.1) is 0 Å². The van der Waals surface area contributed by atoms with Crippen LogP contribution in [0, 0.1) is 0 Å². The highest BCUT2D eigenvalue weighted by molar-refractivity contribution is 5.83. The zero-order valence-electron chi connectivity index (χ0n) is 13.3. The summed E-state index contributed by atoms with van der Waals surface area (Å²) in [4.78, 5) is 7.75. The summed E-state index contributed by atoms with van der Waals surface area (Å²) in [7, 11) is 0. The van der Waals surface area contributed by atoms with Gasteiger partial charge in [-0.3, -0.25) is 0 Å². The van der Waals surface area contributed by atoms with Gasteiger partial charge in [-0.25, -0.2) is 0 Å². The molecule has 1 N–H and O–H groups in total. The zero-order valence-corrected chi connectivity index (χ0v) is 13.3. The summed E-state index contributed by atoms with van der Waals surface area (Å²) >= 11 is 0. The monoisotopic (exact) mass is 333 g/mol. The number of nitrogens with one attached hydrogen (secondary N) is 1. The van der Waals surface area contributed by atoms with Crippen LogP contribution in [0.25, 0.3) is 10.9 Å². The maximum Gasteiger partial charge on any atom is 0.231 e. The van der Waals surface area contributed by atoms with E-state index in [1.54, 1.807) is 0 Å². The molecule has 0 bridgehead atoms. The summed E-state index contributed by atoms with van der Waals surface area (Å²) in [5, 5.41) is 5.23. The lowest BCUT2D eigenvalue weighted by atomic mass is 10.1. The Hall–Kier alpha value is -3.28. The van der Waals surface area contributed by atoms with Crippen molar-refractivity contribution in [3.05, 3.63) is 72.0 Å². The van der Waals surface area contributed by atoms with Crippen LogP contribution in [0.3, 0.4) is 0 Å². The van der Waals surface area contributed by atoms with Crippen molar-refractivity contribution in [2.24, 2.45) is 0 Å². The fraction of sp³-hybridized carbons (Fsp3) is 0.158. The molecule has 0 unspecified atom stereocenters. The predicted molar refractivity (Wildman–Crippen MR) is 90.7 cm³/mol. The number of hydrogen-bond donors (Lipinski definition) is 1. The molecule has 6 nitrogen and oxygen atoms in total. The molecule has 0 saturated carbocycles. The largest absolute Gasteiger partial charge is 0.485 e. The lowest BCUT2D eigenvalue weighted by Gasteiger charge is -2.24. The molecule has 0 aliphatic carbocycles.